The average molecular weight is 550 g/mol. The summed E-state index contributed by atoms with van der Waals surface area (Å²) in [6, 6.07) is 23.8. The topological polar surface area (TPSA) is 82.1 Å². The molecule has 1 saturated heterocycles. The number of halogens is 1. The first-order chi connectivity index (χ1) is 19.5. The lowest BCUT2D eigenvalue weighted by Gasteiger charge is -2.38. The van der Waals surface area contributed by atoms with E-state index in [0.717, 1.165) is 26.8 Å². The van der Waals surface area contributed by atoms with Crippen molar-refractivity contribution in [1.29, 1.82) is 0 Å². The third kappa shape index (κ3) is 3.15. The maximum Gasteiger partial charge on any atom is 0.319 e. The molecule has 4 aliphatic rings. The van der Waals surface area contributed by atoms with Crippen LogP contribution >= 0.6 is 11.6 Å². The molecule has 8 heteroatoms. The lowest BCUT2D eigenvalue weighted by atomic mass is 9.64. The van der Waals surface area contributed by atoms with Gasteiger partial charge >= 0.3 is 5.97 Å². The van der Waals surface area contributed by atoms with Crippen LogP contribution < -0.4 is 19.1 Å². The van der Waals surface area contributed by atoms with Crippen molar-refractivity contribution in [3.8, 4) is 17.2 Å². The van der Waals surface area contributed by atoms with Crippen LogP contribution in [0.1, 0.15) is 17.0 Å². The Kier molecular flexibility index (Phi) is 4.91. The highest BCUT2D eigenvalue weighted by molar-refractivity contribution is 6.36. The highest BCUT2D eigenvalue weighted by Gasteiger charge is 2.60. The number of amides is 2. The second-order valence-electron chi connectivity index (χ2n) is 10.3. The van der Waals surface area contributed by atoms with Crippen molar-refractivity contribution < 1.29 is 28.6 Å². The van der Waals surface area contributed by atoms with E-state index in [9.17, 15) is 14.4 Å². The first-order valence-corrected chi connectivity index (χ1v) is 13.4. The van der Waals surface area contributed by atoms with Crippen molar-refractivity contribution in [2.75, 3.05) is 11.7 Å². The van der Waals surface area contributed by atoms with Gasteiger partial charge in [-0.1, -0.05) is 66.2 Å². The molecule has 0 radical (unpaired) electrons. The van der Waals surface area contributed by atoms with Crippen LogP contribution in [0.25, 0.3) is 16.3 Å². The number of nitrogens with zero attached hydrogens (tertiary/aromatic N) is 1. The number of benzene rings is 4. The fraction of sp³-hybridized carbons (Fsp3) is 0.156. The van der Waals surface area contributed by atoms with Crippen LogP contribution in [0.4, 0.5) is 5.69 Å². The van der Waals surface area contributed by atoms with Crippen molar-refractivity contribution in [2.24, 2.45) is 17.8 Å². The number of carbonyl (C=O) groups is 3. The van der Waals surface area contributed by atoms with E-state index in [4.69, 9.17) is 25.8 Å². The van der Waals surface area contributed by atoms with Crippen molar-refractivity contribution in [1.82, 2.24) is 0 Å². The van der Waals surface area contributed by atoms with E-state index in [0.29, 0.717) is 28.5 Å². The largest absolute Gasteiger partial charge is 0.454 e. The van der Waals surface area contributed by atoms with Gasteiger partial charge in [-0.3, -0.25) is 14.4 Å². The van der Waals surface area contributed by atoms with Crippen LogP contribution in [0, 0.1) is 17.8 Å². The molecule has 196 valence electrons. The minimum atomic E-state index is -0.973. The maximum absolute atomic E-state index is 14.2. The second-order valence-corrected chi connectivity index (χ2v) is 10.7. The second kappa shape index (κ2) is 8.44. The van der Waals surface area contributed by atoms with E-state index in [2.05, 4.69) is 0 Å². The maximum atomic E-state index is 14.2. The predicted octanol–water partition coefficient (Wildman–Crippen LogP) is 5.74. The summed E-state index contributed by atoms with van der Waals surface area (Å²) in [4.78, 5) is 43.1. The van der Waals surface area contributed by atoms with E-state index in [-0.39, 0.29) is 11.8 Å². The molecular formula is C32H20ClNO6. The standard InChI is InChI=1S/C32H20ClNO6/c33-21-7-3-4-8-22(21)34-30(35)27-19(17-10-11-23-25(13-17)39-15-38-23)14-20-26-18-6-2-1-5-16(18)9-12-24(26)40-32(37)28(20)29(27)31(34)36/h1-14,19,27-29H,15H2/t19-,27+,28-,29+/m1/s1. The molecule has 0 N–H and O–H groups in total. The monoisotopic (exact) mass is 549 g/mol. The number of hydrogen-bond acceptors (Lipinski definition) is 6. The number of ether oxygens (including phenoxy) is 3. The predicted molar refractivity (Wildman–Crippen MR) is 147 cm³/mol. The summed E-state index contributed by atoms with van der Waals surface area (Å²) in [6.07, 6.45) is 1.97. The quantitative estimate of drug-likeness (QED) is 0.180. The molecule has 4 aromatic carbocycles. The highest BCUT2D eigenvalue weighted by Crippen LogP contribution is 2.56. The molecule has 1 fully saturated rings. The number of imide groups is 1. The molecule has 7 nitrogen and oxygen atoms in total. The van der Waals surface area contributed by atoms with Crippen molar-refractivity contribution in [3.05, 3.63) is 101 Å². The molecule has 3 heterocycles. The number of allylic oxidation sites excluding steroid dienone is 1. The SMILES string of the molecule is O=C1Oc2ccc3ccccc3c2C2=C[C@H](c3ccc4c(c3)OCO4)[C@@H]3C(=O)N(c4ccccc4Cl)C(=O)[C@@H]3[C@H]12. The molecule has 8 rings (SSSR count). The molecule has 0 saturated carbocycles. The summed E-state index contributed by atoms with van der Waals surface area (Å²) < 4.78 is 17.0. The van der Waals surface area contributed by atoms with Gasteiger partial charge in [0.05, 0.1) is 28.5 Å². The number of carbonyl (C=O) groups excluding carboxylic acids is 3. The normalized spacial score (nSPS) is 24.4. The Bertz CT molecular complexity index is 1830. The Morgan fingerprint density at radius 3 is 2.40 bits per heavy atom. The molecule has 1 aliphatic carbocycles. The van der Waals surface area contributed by atoms with Gasteiger partial charge in [-0.2, -0.15) is 0 Å². The number of fused-ring (bicyclic) bond motifs is 8. The van der Waals surface area contributed by atoms with E-state index in [1.165, 1.54) is 0 Å². The van der Waals surface area contributed by atoms with E-state index >= 15 is 0 Å². The molecule has 4 aromatic rings. The molecule has 0 bridgehead atoms. The van der Waals surface area contributed by atoms with Crippen LogP contribution in [0.5, 0.6) is 17.2 Å². The van der Waals surface area contributed by atoms with Gasteiger partial charge < -0.3 is 14.2 Å². The van der Waals surface area contributed by atoms with Gasteiger partial charge in [-0.25, -0.2) is 4.90 Å². The van der Waals surface area contributed by atoms with Crippen LogP contribution in [-0.4, -0.2) is 24.6 Å². The number of anilines is 1. The first-order valence-electron chi connectivity index (χ1n) is 13.0. The fourth-order valence-corrected chi connectivity index (χ4v) is 6.87. The number of esters is 1. The van der Waals surface area contributed by atoms with Gasteiger partial charge in [0.25, 0.3) is 0 Å². The van der Waals surface area contributed by atoms with Crippen LogP contribution in [0.3, 0.4) is 0 Å². The molecule has 2 amide bonds. The zero-order valence-corrected chi connectivity index (χ0v) is 21.6. The van der Waals surface area contributed by atoms with E-state index in [1.54, 1.807) is 30.3 Å². The Balaban J connectivity index is 1.38. The Hall–Kier alpha value is -4.62. The molecule has 3 aliphatic heterocycles. The van der Waals surface area contributed by atoms with Gasteiger partial charge in [-0.05, 0) is 52.2 Å². The third-order valence-corrected chi connectivity index (χ3v) is 8.68. The van der Waals surface area contributed by atoms with Crippen LogP contribution in [0.2, 0.25) is 5.02 Å². The Morgan fingerprint density at radius 1 is 0.775 bits per heavy atom. The molecule has 4 atom stereocenters. The summed E-state index contributed by atoms with van der Waals surface area (Å²) in [5.74, 6) is -3.08. The Labute approximate surface area is 233 Å². The highest BCUT2D eigenvalue weighted by atomic mass is 35.5. The van der Waals surface area contributed by atoms with Crippen LogP contribution in [-0.2, 0) is 14.4 Å². The van der Waals surface area contributed by atoms with Gasteiger partial charge in [0, 0.05) is 11.5 Å². The third-order valence-electron chi connectivity index (χ3n) is 8.36. The first kappa shape index (κ1) is 23.3. The average Bonchev–Trinajstić information content (AvgIpc) is 3.54. The lowest BCUT2D eigenvalue weighted by Crippen LogP contribution is -2.42. The van der Waals surface area contributed by atoms with Gasteiger partial charge in [0.2, 0.25) is 18.6 Å². The van der Waals surface area contributed by atoms with Gasteiger partial charge in [-0.15, -0.1) is 0 Å². The van der Waals surface area contributed by atoms with Crippen LogP contribution in [0.15, 0.2) is 84.9 Å². The lowest BCUT2D eigenvalue weighted by molar-refractivity contribution is -0.142. The van der Waals surface area contributed by atoms with Crippen molar-refractivity contribution in [2.45, 2.75) is 5.92 Å². The van der Waals surface area contributed by atoms with Gasteiger partial charge in [0.15, 0.2) is 11.5 Å². The smallest absolute Gasteiger partial charge is 0.319 e. The minimum absolute atomic E-state index is 0.113. The molecule has 40 heavy (non-hydrogen) atoms. The van der Waals surface area contributed by atoms with Crippen molar-refractivity contribution >= 4 is 51.4 Å². The summed E-state index contributed by atoms with van der Waals surface area (Å²) in [5.41, 5.74) is 2.54. The molecule has 0 spiro atoms. The Morgan fingerprint density at radius 2 is 1.52 bits per heavy atom. The number of rotatable bonds is 2. The number of hydrogen-bond donors (Lipinski definition) is 0. The minimum Gasteiger partial charge on any atom is -0.454 e. The zero-order valence-electron chi connectivity index (χ0n) is 20.9. The van der Waals surface area contributed by atoms with Gasteiger partial charge in [0.1, 0.15) is 5.75 Å². The molecular weight excluding hydrogens is 530 g/mol. The van der Waals surface area contributed by atoms with E-state index < -0.39 is 41.5 Å². The van der Waals surface area contributed by atoms with Crippen molar-refractivity contribution in [3.63, 3.8) is 0 Å². The fourth-order valence-electron chi connectivity index (χ4n) is 6.65. The molecule has 0 aromatic heterocycles. The summed E-state index contributed by atoms with van der Waals surface area (Å²) in [7, 11) is 0. The zero-order chi connectivity index (χ0) is 27.1. The summed E-state index contributed by atoms with van der Waals surface area (Å²) >= 11 is 6.47. The number of para-hydroxylation sites is 1. The summed E-state index contributed by atoms with van der Waals surface area (Å²) in [6.45, 7) is 0.113. The summed E-state index contributed by atoms with van der Waals surface area (Å²) in [5, 5.41) is 2.16. The van der Waals surface area contributed by atoms with E-state index in [1.807, 2.05) is 54.6 Å². The molecule has 0 unspecified atom stereocenters.